The van der Waals surface area contributed by atoms with E-state index < -0.39 is 0 Å². The Hall–Kier alpha value is -0.610. The third kappa shape index (κ3) is 2.16. The van der Waals surface area contributed by atoms with Crippen molar-refractivity contribution in [1.29, 1.82) is 0 Å². The number of hydrogen-bond acceptors (Lipinski definition) is 2. The maximum Gasteiger partial charge on any atom is 0.268 e. The Bertz CT molecular complexity index is 529. The topological polar surface area (TPSA) is 22.0 Å². The molecule has 0 aliphatic carbocycles. The Balaban J connectivity index is 2.50. The lowest BCUT2D eigenvalue weighted by Crippen LogP contribution is -2.12. The molecule has 0 aliphatic rings. The summed E-state index contributed by atoms with van der Waals surface area (Å²) in [6, 6.07) is 5.87. The molecule has 0 bridgehead atoms. The summed E-state index contributed by atoms with van der Waals surface area (Å²) in [6.07, 6.45) is 2.18. The molecule has 0 unspecified atom stereocenters. The molecule has 4 heteroatoms. The number of nitrogens with zero attached hydrogens (tertiary/aromatic N) is 1. The van der Waals surface area contributed by atoms with E-state index in [0.717, 1.165) is 33.9 Å². The van der Waals surface area contributed by atoms with Gasteiger partial charge in [-0.05, 0) is 24.6 Å². The fourth-order valence-electron chi connectivity index (χ4n) is 1.49. The van der Waals surface area contributed by atoms with Gasteiger partial charge in [0.1, 0.15) is 0 Å². The van der Waals surface area contributed by atoms with Crippen molar-refractivity contribution in [3.05, 3.63) is 33.0 Å². The van der Waals surface area contributed by atoms with Crippen LogP contribution in [-0.4, -0.2) is 3.96 Å². The van der Waals surface area contributed by atoms with E-state index in [-0.39, 0.29) is 5.56 Å². The van der Waals surface area contributed by atoms with Crippen LogP contribution in [0.2, 0.25) is 0 Å². The quantitative estimate of drug-likeness (QED) is 0.844. The van der Waals surface area contributed by atoms with Crippen LogP contribution in [0, 0.1) is 0 Å². The number of benzene rings is 1. The number of fused-ring (bicyclic) bond motifs is 1. The molecular formula is C11H12BrNOS. The van der Waals surface area contributed by atoms with Crippen LogP contribution in [0.25, 0.3) is 10.1 Å². The maximum absolute atomic E-state index is 11.9. The van der Waals surface area contributed by atoms with E-state index in [9.17, 15) is 4.79 Å². The van der Waals surface area contributed by atoms with Gasteiger partial charge in [0.2, 0.25) is 0 Å². The van der Waals surface area contributed by atoms with Crippen LogP contribution in [0.15, 0.2) is 27.5 Å². The van der Waals surface area contributed by atoms with Crippen LogP contribution in [-0.2, 0) is 6.54 Å². The summed E-state index contributed by atoms with van der Waals surface area (Å²) in [4.78, 5) is 11.9. The number of hydrogen-bond donors (Lipinski definition) is 0. The molecule has 0 spiro atoms. The van der Waals surface area contributed by atoms with Gasteiger partial charge in [0.15, 0.2) is 0 Å². The summed E-state index contributed by atoms with van der Waals surface area (Å²) in [6.45, 7) is 2.97. The van der Waals surface area contributed by atoms with Gasteiger partial charge in [-0.1, -0.05) is 40.8 Å². The fraction of sp³-hybridized carbons (Fsp3) is 0.364. The standard InChI is InChI=1S/C11H12BrNOS/c1-2-3-6-13-11(14)9-7-8(12)4-5-10(9)15-13/h4-5,7H,2-3,6H2,1H3. The van der Waals surface area contributed by atoms with Gasteiger partial charge in [0.05, 0.1) is 10.1 Å². The van der Waals surface area contributed by atoms with E-state index in [1.165, 1.54) is 0 Å². The average Bonchev–Trinajstić information content (AvgIpc) is 2.53. The van der Waals surface area contributed by atoms with E-state index in [1.54, 1.807) is 11.5 Å². The number of unbranched alkanes of at least 4 members (excludes halogenated alkanes) is 1. The Labute approximate surface area is 101 Å². The summed E-state index contributed by atoms with van der Waals surface area (Å²) in [5.41, 5.74) is 0.143. The van der Waals surface area contributed by atoms with Crippen molar-refractivity contribution in [2.75, 3.05) is 0 Å². The zero-order valence-electron chi connectivity index (χ0n) is 8.50. The molecule has 0 atom stereocenters. The van der Waals surface area contributed by atoms with Crippen molar-refractivity contribution < 1.29 is 0 Å². The second-order valence-corrected chi connectivity index (χ2v) is 5.47. The first kappa shape index (κ1) is 10.9. The second-order valence-electron chi connectivity index (χ2n) is 3.49. The van der Waals surface area contributed by atoms with Crippen molar-refractivity contribution in [2.24, 2.45) is 0 Å². The van der Waals surface area contributed by atoms with Crippen LogP contribution in [0.1, 0.15) is 19.8 Å². The summed E-state index contributed by atoms with van der Waals surface area (Å²) < 4.78 is 3.88. The van der Waals surface area contributed by atoms with Crippen LogP contribution in [0.3, 0.4) is 0 Å². The van der Waals surface area contributed by atoms with Crippen molar-refractivity contribution in [1.82, 2.24) is 3.96 Å². The molecule has 2 nitrogen and oxygen atoms in total. The first-order valence-corrected chi connectivity index (χ1v) is 6.58. The molecular weight excluding hydrogens is 274 g/mol. The fourth-order valence-corrected chi connectivity index (χ4v) is 2.87. The molecule has 0 aliphatic heterocycles. The normalized spacial score (nSPS) is 11.1. The first-order valence-electron chi connectivity index (χ1n) is 5.01. The summed E-state index contributed by atoms with van der Waals surface area (Å²) in [5.74, 6) is 0. The van der Waals surface area contributed by atoms with E-state index in [0.29, 0.717) is 0 Å². The highest BCUT2D eigenvalue weighted by Crippen LogP contribution is 2.21. The molecule has 1 heterocycles. The molecule has 2 aromatic rings. The highest BCUT2D eigenvalue weighted by atomic mass is 79.9. The lowest BCUT2D eigenvalue weighted by atomic mass is 10.3. The lowest BCUT2D eigenvalue weighted by molar-refractivity contribution is 0.660. The molecule has 0 N–H and O–H groups in total. The molecule has 1 aromatic heterocycles. The van der Waals surface area contributed by atoms with Crippen molar-refractivity contribution in [3.63, 3.8) is 0 Å². The van der Waals surface area contributed by atoms with Gasteiger partial charge in [0, 0.05) is 11.0 Å². The zero-order chi connectivity index (χ0) is 10.8. The molecule has 0 fully saturated rings. The lowest BCUT2D eigenvalue weighted by Gasteiger charge is -1.95. The van der Waals surface area contributed by atoms with Crippen LogP contribution in [0.5, 0.6) is 0 Å². The number of halogens is 1. The summed E-state index contributed by atoms with van der Waals surface area (Å²) in [5, 5.41) is 0.825. The van der Waals surface area contributed by atoms with E-state index in [4.69, 9.17) is 0 Å². The number of rotatable bonds is 3. The predicted molar refractivity (Wildman–Crippen MR) is 68.7 cm³/mol. The van der Waals surface area contributed by atoms with Crippen molar-refractivity contribution in [3.8, 4) is 0 Å². The Morgan fingerprint density at radius 2 is 2.27 bits per heavy atom. The number of aromatic nitrogens is 1. The first-order chi connectivity index (χ1) is 7.22. The van der Waals surface area contributed by atoms with Crippen molar-refractivity contribution >= 4 is 37.5 Å². The molecule has 1 aromatic carbocycles. The van der Waals surface area contributed by atoms with Gasteiger partial charge in [-0.25, -0.2) is 0 Å². The highest BCUT2D eigenvalue weighted by molar-refractivity contribution is 9.10. The van der Waals surface area contributed by atoms with Crippen LogP contribution in [0.4, 0.5) is 0 Å². The molecule has 80 valence electrons. The molecule has 15 heavy (non-hydrogen) atoms. The summed E-state index contributed by atoms with van der Waals surface area (Å²) in [7, 11) is 0. The average molecular weight is 286 g/mol. The molecule has 0 saturated heterocycles. The Morgan fingerprint density at radius 3 is 3.00 bits per heavy atom. The smallest absolute Gasteiger partial charge is 0.268 e. The van der Waals surface area contributed by atoms with Gasteiger partial charge < -0.3 is 0 Å². The molecule has 0 amide bonds. The SMILES string of the molecule is CCCCn1sc2ccc(Br)cc2c1=O. The van der Waals surface area contributed by atoms with E-state index in [2.05, 4.69) is 22.9 Å². The summed E-state index contributed by atoms with van der Waals surface area (Å²) >= 11 is 4.94. The maximum atomic E-state index is 11.9. The predicted octanol–water partition coefficient (Wildman–Crippen LogP) is 3.63. The second kappa shape index (κ2) is 4.49. The van der Waals surface area contributed by atoms with Crippen LogP contribution >= 0.6 is 27.5 Å². The molecule has 0 radical (unpaired) electrons. The minimum absolute atomic E-state index is 0.143. The van der Waals surface area contributed by atoms with Gasteiger partial charge in [-0.15, -0.1) is 0 Å². The Kier molecular flexibility index (Phi) is 3.26. The Morgan fingerprint density at radius 1 is 1.47 bits per heavy atom. The van der Waals surface area contributed by atoms with E-state index >= 15 is 0 Å². The van der Waals surface area contributed by atoms with Gasteiger partial charge in [-0.2, -0.15) is 0 Å². The van der Waals surface area contributed by atoms with Gasteiger partial charge >= 0.3 is 0 Å². The largest absolute Gasteiger partial charge is 0.268 e. The van der Waals surface area contributed by atoms with Crippen LogP contribution < -0.4 is 5.56 Å². The zero-order valence-corrected chi connectivity index (χ0v) is 10.9. The number of aryl methyl sites for hydroxylation is 1. The van der Waals surface area contributed by atoms with Gasteiger partial charge in [0.25, 0.3) is 5.56 Å². The van der Waals surface area contributed by atoms with Gasteiger partial charge in [-0.3, -0.25) is 8.75 Å². The minimum Gasteiger partial charge on any atom is -0.268 e. The third-order valence-corrected chi connectivity index (χ3v) is 3.94. The minimum atomic E-state index is 0.143. The molecule has 2 rings (SSSR count). The van der Waals surface area contributed by atoms with Crippen molar-refractivity contribution in [2.45, 2.75) is 26.3 Å². The third-order valence-electron chi connectivity index (χ3n) is 2.32. The van der Waals surface area contributed by atoms with E-state index in [1.807, 2.05) is 22.2 Å². The highest BCUT2D eigenvalue weighted by Gasteiger charge is 2.06. The molecule has 0 saturated carbocycles. The monoisotopic (exact) mass is 285 g/mol.